The molecular weight excluding hydrogens is 292 g/mol. The van der Waals surface area contributed by atoms with Crippen LogP contribution in [-0.4, -0.2) is 16.1 Å². The maximum atomic E-state index is 12.1. The Labute approximate surface area is 127 Å². The summed E-state index contributed by atoms with van der Waals surface area (Å²) < 4.78 is 0. The van der Waals surface area contributed by atoms with E-state index in [0.29, 0.717) is 5.02 Å². The predicted octanol–water partition coefficient (Wildman–Crippen LogP) is 4.16. The molecule has 20 heavy (non-hydrogen) atoms. The third-order valence-corrected chi connectivity index (χ3v) is 4.29. The quantitative estimate of drug-likeness (QED) is 0.862. The van der Waals surface area contributed by atoms with Crippen molar-refractivity contribution >= 4 is 35.0 Å². The van der Waals surface area contributed by atoms with Gasteiger partial charge in [-0.1, -0.05) is 23.7 Å². The van der Waals surface area contributed by atoms with Crippen molar-refractivity contribution in [1.82, 2.24) is 4.98 Å². The molecule has 0 bridgehead atoms. The summed E-state index contributed by atoms with van der Waals surface area (Å²) in [6, 6.07) is 11.1. The van der Waals surface area contributed by atoms with Crippen LogP contribution in [0.4, 0.5) is 5.69 Å². The number of aromatic nitrogens is 1. The molecule has 2 rings (SSSR count). The first-order chi connectivity index (χ1) is 9.56. The molecule has 2 aromatic rings. The molecule has 1 aromatic heterocycles. The van der Waals surface area contributed by atoms with E-state index >= 15 is 0 Å². The molecular formula is C15H15ClN2OS. The molecule has 0 aliphatic heterocycles. The Bertz CT molecular complexity index is 618. The van der Waals surface area contributed by atoms with Crippen molar-refractivity contribution in [1.29, 1.82) is 0 Å². The van der Waals surface area contributed by atoms with Crippen molar-refractivity contribution in [2.45, 2.75) is 24.0 Å². The average Bonchev–Trinajstić information content (AvgIpc) is 2.41. The Hall–Kier alpha value is -1.52. The first kappa shape index (κ1) is 14.9. The second-order valence-electron chi connectivity index (χ2n) is 4.37. The maximum Gasteiger partial charge on any atom is 0.237 e. The largest absolute Gasteiger partial charge is 0.325 e. The number of nitrogens with one attached hydrogen (secondary N) is 1. The normalized spacial score (nSPS) is 11.9. The Morgan fingerprint density at radius 2 is 2.10 bits per heavy atom. The second-order valence-corrected chi connectivity index (χ2v) is 6.16. The molecule has 1 aromatic carbocycles. The summed E-state index contributed by atoms with van der Waals surface area (Å²) in [6.45, 7) is 3.74. The summed E-state index contributed by atoms with van der Waals surface area (Å²) in [5.41, 5.74) is 1.63. The number of thioether (sulfide) groups is 1. The number of anilines is 1. The number of halogens is 1. The van der Waals surface area contributed by atoms with E-state index in [0.717, 1.165) is 16.3 Å². The van der Waals surface area contributed by atoms with E-state index in [2.05, 4.69) is 10.3 Å². The Morgan fingerprint density at radius 1 is 1.35 bits per heavy atom. The van der Waals surface area contributed by atoms with Gasteiger partial charge in [-0.15, -0.1) is 11.8 Å². The van der Waals surface area contributed by atoms with Crippen molar-refractivity contribution in [3.63, 3.8) is 0 Å². The van der Waals surface area contributed by atoms with Crippen LogP contribution in [-0.2, 0) is 4.79 Å². The van der Waals surface area contributed by atoms with Gasteiger partial charge in [0.05, 0.1) is 10.3 Å². The van der Waals surface area contributed by atoms with Crippen LogP contribution in [0.25, 0.3) is 0 Å². The van der Waals surface area contributed by atoms with Gasteiger partial charge in [0, 0.05) is 22.5 Å². The monoisotopic (exact) mass is 306 g/mol. The number of carbonyl (C=O) groups is 1. The fourth-order valence-electron chi connectivity index (χ4n) is 1.65. The molecule has 1 heterocycles. The number of nitrogens with zero attached hydrogens (tertiary/aromatic N) is 1. The smallest absolute Gasteiger partial charge is 0.237 e. The van der Waals surface area contributed by atoms with Crippen LogP contribution in [0.3, 0.4) is 0 Å². The first-order valence-corrected chi connectivity index (χ1v) is 7.47. The van der Waals surface area contributed by atoms with Gasteiger partial charge in [0.1, 0.15) is 0 Å². The maximum absolute atomic E-state index is 12.1. The molecule has 0 saturated heterocycles. The Morgan fingerprint density at radius 3 is 2.80 bits per heavy atom. The highest BCUT2D eigenvalue weighted by molar-refractivity contribution is 8.00. The van der Waals surface area contributed by atoms with Gasteiger partial charge < -0.3 is 5.32 Å². The SMILES string of the molecule is Cc1cc(NC(=O)C(C)Sc2ccccc2Cl)ccn1. The Kier molecular flexibility index (Phi) is 5.04. The fraction of sp³-hybridized carbons (Fsp3) is 0.200. The number of aryl methyl sites for hydroxylation is 1. The van der Waals surface area contributed by atoms with Gasteiger partial charge in [0.25, 0.3) is 0 Å². The molecule has 1 amide bonds. The Balaban J connectivity index is 2.01. The highest BCUT2D eigenvalue weighted by Gasteiger charge is 2.15. The molecule has 104 valence electrons. The number of carbonyl (C=O) groups excluding carboxylic acids is 1. The molecule has 0 fully saturated rings. The molecule has 0 spiro atoms. The summed E-state index contributed by atoms with van der Waals surface area (Å²) in [6.07, 6.45) is 1.68. The number of benzene rings is 1. The minimum atomic E-state index is -0.233. The number of amides is 1. The van der Waals surface area contributed by atoms with Crippen molar-refractivity contribution in [2.75, 3.05) is 5.32 Å². The second kappa shape index (κ2) is 6.77. The fourth-order valence-corrected chi connectivity index (χ4v) is 2.81. The van der Waals surface area contributed by atoms with Gasteiger partial charge in [-0.2, -0.15) is 0 Å². The third-order valence-electron chi connectivity index (χ3n) is 2.67. The number of hydrogen-bond donors (Lipinski definition) is 1. The lowest BCUT2D eigenvalue weighted by atomic mass is 10.3. The van der Waals surface area contributed by atoms with E-state index in [1.54, 1.807) is 12.3 Å². The van der Waals surface area contributed by atoms with Crippen LogP contribution in [0.1, 0.15) is 12.6 Å². The van der Waals surface area contributed by atoms with Crippen molar-refractivity contribution in [3.8, 4) is 0 Å². The van der Waals surface area contributed by atoms with E-state index in [1.165, 1.54) is 11.8 Å². The van der Waals surface area contributed by atoms with Crippen LogP contribution in [0, 0.1) is 6.92 Å². The van der Waals surface area contributed by atoms with Gasteiger partial charge in [0.15, 0.2) is 0 Å². The highest BCUT2D eigenvalue weighted by atomic mass is 35.5. The summed E-state index contributed by atoms with van der Waals surface area (Å²) in [7, 11) is 0. The molecule has 0 saturated carbocycles. The van der Waals surface area contributed by atoms with Crippen LogP contribution in [0.5, 0.6) is 0 Å². The van der Waals surface area contributed by atoms with E-state index in [4.69, 9.17) is 11.6 Å². The van der Waals surface area contributed by atoms with Gasteiger partial charge in [-0.25, -0.2) is 0 Å². The van der Waals surface area contributed by atoms with E-state index < -0.39 is 0 Å². The van der Waals surface area contributed by atoms with Crippen LogP contribution >= 0.6 is 23.4 Å². The number of hydrogen-bond acceptors (Lipinski definition) is 3. The van der Waals surface area contributed by atoms with Gasteiger partial charge in [0.2, 0.25) is 5.91 Å². The molecule has 0 radical (unpaired) electrons. The molecule has 3 nitrogen and oxygen atoms in total. The summed E-state index contributed by atoms with van der Waals surface area (Å²) in [5.74, 6) is -0.0551. The summed E-state index contributed by atoms with van der Waals surface area (Å²) >= 11 is 7.54. The van der Waals surface area contributed by atoms with Crippen LogP contribution in [0.15, 0.2) is 47.5 Å². The molecule has 1 unspecified atom stereocenters. The lowest BCUT2D eigenvalue weighted by Gasteiger charge is -2.13. The summed E-state index contributed by atoms with van der Waals surface area (Å²) in [5, 5.41) is 3.31. The standard InChI is InChI=1S/C15H15ClN2OS/c1-10-9-12(7-8-17-10)18-15(19)11(2)20-14-6-4-3-5-13(14)16/h3-9,11H,1-2H3,(H,17,18,19). The van der Waals surface area contributed by atoms with Crippen LogP contribution in [0.2, 0.25) is 5.02 Å². The molecule has 1 N–H and O–H groups in total. The zero-order valence-corrected chi connectivity index (χ0v) is 12.8. The van der Waals surface area contributed by atoms with Crippen molar-refractivity contribution in [3.05, 3.63) is 53.3 Å². The lowest BCUT2D eigenvalue weighted by molar-refractivity contribution is -0.115. The van der Waals surface area contributed by atoms with Gasteiger partial charge in [-0.05, 0) is 38.1 Å². The van der Waals surface area contributed by atoms with Gasteiger partial charge >= 0.3 is 0 Å². The molecule has 1 atom stereocenters. The summed E-state index contributed by atoms with van der Waals surface area (Å²) in [4.78, 5) is 17.1. The third kappa shape index (κ3) is 3.99. The zero-order valence-electron chi connectivity index (χ0n) is 11.3. The lowest BCUT2D eigenvalue weighted by Crippen LogP contribution is -2.22. The first-order valence-electron chi connectivity index (χ1n) is 6.21. The number of rotatable bonds is 4. The van der Waals surface area contributed by atoms with E-state index in [1.807, 2.05) is 44.2 Å². The minimum absolute atomic E-state index is 0.0551. The molecule has 0 aliphatic carbocycles. The zero-order chi connectivity index (χ0) is 14.5. The van der Waals surface area contributed by atoms with E-state index in [9.17, 15) is 4.79 Å². The topological polar surface area (TPSA) is 42.0 Å². The van der Waals surface area contributed by atoms with Gasteiger partial charge in [-0.3, -0.25) is 9.78 Å². The predicted molar refractivity (Wildman–Crippen MR) is 84.4 cm³/mol. The minimum Gasteiger partial charge on any atom is -0.325 e. The number of pyridine rings is 1. The average molecular weight is 307 g/mol. The van der Waals surface area contributed by atoms with Crippen LogP contribution < -0.4 is 5.32 Å². The molecule has 5 heteroatoms. The van der Waals surface area contributed by atoms with E-state index in [-0.39, 0.29) is 11.2 Å². The van der Waals surface area contributed by atoms with Crippen molar-refractivity contribution in [2.24, 2.45) is 0 Å². The highest BCUT2D eigenvalue weighted by Crippen LogP contribution is 2.30. The van der Waals surface area contributed by atoms with Crippen molar-refractivity contribution < 1.29 is 4.79 Å². The molecule has 0 aliphatic rings.